The lowest BCUT2D eigenvalue weighted by Crippen LogP contribution is -2.14. The maximum Gasteiger partial charge on any atom is 0.266 e. The van der Waals surface area contributed by atoms with Gasteiger partial charge in [0.25, 0.3) is 5.91 Å². The van der Waals surface area contributed by atoms with Crippen LogP contribution in [0.1, 0.15) is 27.8 Å². The van der Waals surface area contributed by atoms with Crippen molar-refractivity contribution >= 4 is 40.0 Å². The van der Waals surface area contributed by atoms with Gasteiger partial charge in [-0.2, -0.15) is 5.26 Å². The third-order valence-electron chi connectivity index (χ3n) is 5.91. The number of amides is 1. The molecule has 0 aromatic heterocycles. The van der Waals surface area contributed by atoms with Gasteiger partial charge in [-0.3, -0.25) is 4.79 Å². The highest BCUT2D eigenvalue weighted by Crippen LogP contribution is 2.29. The highest BCUT2D eigenvalue weighted by Gasteiger charge is 2.14. The number of anilines is 1. The summed E-state index contributed by atoms with van der Waals surface area (Å²) in [6, 6.07) is 25.2. The van der Waals surface area contributed by atoms with Gasteiger partial charge < -0.3 is 10.1 Å². The summed E-state index contributed by atoms with van der Waals surface area (Å²) in [5.41, 5.74) is 5.41. The van der Waals surface area contributed by atoms with Gasteiger partial charge in [0.1, 0.15) is 24.0 Å². The topological polar surface area (TPSA) is 62.1 Å². The second-order valence-electron chi connectivity index (χ2n) is 8.50. The van der Waals surface area contributed by atoms with Gasteiger partial charge in [0.05, 0.1) is 0 Å². The number of aryl methyl sites for hydroxylation is 3. The lowest BCUT2D eigenvalue weighted by atomic mass is 10.0. The zero-order valence-electron chi connectivity index (χ0n) is 19.9. The predicted molar refractivity (Wildman–Crippen MR) is 143 cm³/mol. The summed E-state index contributed by atoms with van der Waals surface area (Å²) in [5, 5.41) is 15.3. The molecule has 0 radical (unpaired) electrons. The minimum absolute atomic E-state index is 0.0431. The second kappa shape index (κ2) is 10.5. The van der Waals surface area contributed by atoms with Crippen LogP contribution in [0.25, 0.3) is 16.8 Å². The monoisotopic (exact) mass is 480 g/mol. The zero-order chi connectivity index (χ0) is 24.9. The molecular formula is C30H25ClN2O2. The molecule has 0 saturated carbocycles. The van der Waals surface area contributed by atoms with E-state index in [-0.39, 0.29) is 5.57 Å². The Balaban J connectivity index is 1.62. The van der Waals surface area contributed by atoms with E-state index < -0.39 is 5.91 Å². The molecule has 1 amide bonds. The number of hydrogen-bond donors (Lipinski definition) is 1. The summed E-state index contributed by atoms with van der Waals surface area (Å²) in [4.78, 5) is 12.9. The highest BCUT2D eigenvalue weighted by molar-refractivity contribution is 6.30. The van der Waals surface area contributed by atoms with E-state index in [0.717, 1.165) is 33.0 Å². The molecule has 1 N–H and O–H groups in total. The molecule has 0 bridgehead atoms. The Bertz CT molecular complexity index is 1500. The van der Waals surface area contributed by atoms with Gasteiger partial charge in [0, 0.05) is 21.8 Å². The predicted octanol–water partition coefficient (Wildman–Crippen LogP) is 7.54. The summed E-state index contributed by atoms with van der Waals surface area (Å²) < 4.78 is 6.20. The smallest absolute Gasteiger partial charge is 0.266 e. The zero-order valence-corrected chi connectivity index (χ0v) is 20.6. The molecule has 4 aromatic carbocycles. The normalized spacial score (nSPS) is 11.2. The van der Waals surface area contributed by atoms with E-state index in [1.54, 1.807) is 18.2 Å². The number of ether oxygens (including phenoxy) is 1. The van der Waals surface area contributed by atoms with Crippen LogP contribution in [0.15, 0.2) is 78.4 Å². The molecule has 0 atom stereocenters. The van der Waals surface area contributed by atoms with Crippen LogP contribution in [-0.2, 0) is 11.4 Å². The van der Waals surface area contributed by atoms with Crippen molar-refractivity contribution in [1.29, 1.82) is 5.26 Å². The summed E-state index contributed by atoms with van der Waals surface area (Å²) in [6.45, 7) is 6.29. The fourth-order valence-corrected chi connectivity index (χ4v) is 4.18. The van der Waals surface area contributed by atoms with Crippen LogP contribution in [0.4, 0.5) is 5.69 Å². The number of rotatable bonds is 6. The van der Waals surface area contributed by atoms with Gasteiger partial charge in [-0.1, -0.05) is 65.7 Å². The van der Waals surface area contributed by atoms with Crippen molar-refractivity contribution in [2.75, 3.05) is 5.32 Å². The number of benzene rings is 4. The largest absolute Gasteiger partial charge is 0.488 e. The average molecular weight is 481 g/mol. The minimum atomic E-state index is -0.490. The van der Waals surface area contributed by atoms with E-state index in [1.807, 2.05) is 50.2 Å². The molecule has 0 heterocycles. The van der Waals surface area contributed by atoms with Gasteiger partial charge in [0.15, 0.2) is 0 Å². The van der Waals surface area contributed by atoms with E-state index >= 15 is 0 Å². The standard InChI is InChI=1S/C30H25ClN2O2/c1-19-8-12-28(21(3)14-19)33-30(34)24(17-32)15-23-16-25(31)11-13-29(23)35-18-27-20(2)9-10-22-6-4-5-7-26(22)27/h4-16H,18H2,1-3H3,(H,33,34)/b24-15+. The Labute approximate surface area is 210 Å². The van der Waals surface area contributed by atoms with Crippen molar-refractivity contribution in [3.05, 3.63) is 111 Å². The fraction of sp³-hybridized carbons (Fsp3) is 0.133. The quantitative estimate of drug-likeness (QED) is 0.229. The molecule has 174 valence electrons. The third kappa shape index (κ3) is 5.54. The number of hydrogen-bond acceptors (Lipinski definition) is 3. The first-order valence-electron chi connectivity index (χ1n) is 11.3. The molecule has 4 nitrogen and oxygen atoms in total. The van der Waals surface area contributed by atoms with Crippen LogP contribution in [0.5, 0.6) is 5.75 Å². The summed E-state index contributed by atoms with van der Waals surface area (Å²) in [7, 11) is 0. The third-order valence-corrected chi connectivity index (χ3v) is 6.15. The van der Waals surface area contributed by atoms with E-state index in [4.69, 9.17) is 16.3 Å². The molecule has 4 aromatic rings. The lowest BCUT2D eigenvalue weighted by Gasteiger charge is -2.14. The van der Waals surface area contributed by atoms with Crippen molar-refractivity contribution in [3.8, 4) is 11.8 Å². The summed E-state index contributed by atoms with van der Waals surface area (Å²) in [5.74, 6) is 0.0454. The molecule has 0 aliphatic rings. The number of fused-ring (bicyclic) bond motifs is 1. The van der Waals surface area contributed by atoms with Crippen LogP contribution in [0.2, 0.25) is 5.02 Å². The number of nitrogens with one attached hydrogen (secondary N) is 1. The minimum Gasteiger partial charge on any atom is -0.488 e. The molecule has 0 unspecified atom stereocenters. The molecule has 0 aliphatic heterocycles. The van der Waals surface area contributed by atoms with Crippen molar-refractivity contribution in [2.45, 2.75) is 27.4 Å². The van der Waals surface area contributed by atoms with Crippen LogP contribution in [0, 0.1) is 32.1 Å². The molecule has 0 spiro atoms. The van der Waals surface area contributed by atoms with Gasteiger partial charge in [-0.25, -0.2) is 0 Å². The number of nitrogens with zero attached hydrogens (tertiary/aromatic N) is 1. The van der Waals surface area contributed by atoms with Crippen LogP contribution >= 0.6 is 11.6 Å². The summed E-state index contributed by atoms with van der Waals surface area (Å²) >= 11 is 6.24. The lowest BCUT2D eigenvalue weighted by molar-refractivity contribution is -0.112. The van der Waals surface area contributed by atoms with Crippen molar-refractivity contribution in [1.82, 2.24) is 0 Å². The number of halogens is 1. The van der Waals surface area contributed by atoms with Crippen molar-refractivity contribution in [2.24, 2.45) is 0 Å². The molecule has 5 heteroatoms. The van der Waals surface area contributed by atoms with E-state index in [2.05, 4.69) is 36.5 Å². The number of carbonyl (C=O) groups is 1. The molecular weight excluding hydrogens is 456 g/mol. The van der Waals surface area contributed by atoms with E-state index in [1.165, 1.54) is 6.08 Å². The Hall–Kier alpha value is -4.07. The number of nitriles is 1. The van der Waals surface area contributed by atoms with Crippen molar-refractivity contribution in [3.63, 3.8) is 0 Å². The van der Waals surface area contributed by atoms with E-state index in [9.17, 15) is 10.1 Å². The Morgan fingerprint density at radius 1 is 1.00 bits per heavy atom. The van der Waals surface area contributed by atoms with Crippen LogP contribution in [-0.4, -0.2) is 5.91 Å². The van der Waals surface area contributed by atoms with Gasteiger partial charge in [0.2, 0.25) is 0 Å². The van der Waals surface area contributed by atoms with Gasteiger partial charge in [-0.15, -0.1) is 0 Å². The van der Waals surface area contributed by atoms with Crippen molar-refractivity contribution < 1.29 is 9.53 Å². The molecule has 0 fully saturated rings. The molecule has 0 saturated heterocycles. The molecule has 4 rings (SSSR count). The fourth-order valence-electron chi connectivity index (χ4n) is 4.00. The van der Waals surface area contributed by atoms with Crippen LogP contribution in [0.3, 0.4) is 0 Å². The first kappa shape index (κ1) is 24.1. The SMILES string of the molecule is Cc1ccc(NC(=O)/C(C#N)=C/c2cc(Cl)ccc2OCc2c(C)ccc3ccccc23)c(C)c1. The Morgan fingerprint density at radius 2 is 1.80 bits per heavy atom. The maximum atomic E-state index is 12.9. The highest BCUT2D eigenvalue weighted by atomic mass is 35.5. The first-order chi connectivity index (χ1) is 16.9. The summed E-state index contributed by atoms with van der Waals surface area (Å²) in [6.07, 6.45) is 1.51. The maximum absolute atomic E-state index is 12.9. The Kier molecular flexibility index (Phi) is 7.19. The first-order valence-corrected chi connectivity index (χ1v) is 11.6. The molecule has 35 heavy (non-hydrogen) atoms. The van der Waals surface area contributed by atoms with Crippen LogP contribution < -0.4 is 10.1 Å². The Morgan fingerprint density at radius 3 is 2.57 bits per heavy atom. The van der Waals surface area contributed by atoms with Gasteiger partial charge in [-0.05, 0) is 73.0 Å². The number of carbonyl (C=O) groups excluding carboxylic acids is 1. The van der Waals surface area contributed by atoms with Gasteiger partial charge >= 0.3 is 0 Å². The van der Waals surface area contributed by atoms with E-state index in [0.29, 0.717) is 28.6 Å². The second-order valence-corrected chi connectivity index (χ2v) is 8.93. The molecule has 0 aliphatic carbocycles. The average Bonchev–Trinajstić information content (AvgIpc) is 2.84.